The highest BCUT2D eigenvalue weighted by molar-refractivity contribution is 7.09. The molecule has 0 radical (unpaired) electrons. The molecule has 1 N–H and O–H groups in total. The van der Waals surface area contributed by atoms with Crippen molar-refractivity contribution >= 4 is 11.3 Å². The average molecular weight is 239 g/mol. The summed E-state index contributed by atoms with van der Waals surface area (Å²) in [5.41, 5.74) is 1.43. The third-order valence-electron chi connectivity index (χ3n) is 3.36. The van der Waals surface area contributed by atoms with Crippen molar-refractivity contribution in [2.24, 2.45) is 0 Å². The molecule has 1 aromatic heterocycles. The van der Waals surface area contributed by atoms with Gasteiger partial charge in [-0.2, -0.15) is 0 Å². The van der Waals surface area contributed by atoms with Crippen LogP contribution in [0.2, 0.25) is 0 Å². The van der Waals surface area contributed by atoms with Crippen molar-refractivity contribution in [1.29, 1.82) is 0 Å². The summed E-state index contributed by atoms with van der Waals surface area (Å²) in [6.07, 6.45) is 1.18. The molecule has 1 fully saturated rings. The van der Waals surface area contributed by atoms with Gasteiger partial charge in [0.15, 0.2) is 0 Å². The molecular formula is C12H21N3S. The van der Waals surface area contributed by atoms with Gasteiger partial charge in [0.05, 0.1) is 6.54 Å². The Morgan fingerprint density at radius 1 is 1.62 bits per heavy atom. The third kappa shape index (κ3) is 2.81. The zero-order chi connectivity index (χ0) is 11.6. The molecule has 90 valence electrons. The Hall–Kier alpha value is -0.450. The number of hydrogen-bond donors (Lipinski definition) is 1. The molecule has 3 nitrogen and oxygen atoms in total. The van der Waals surface area contributed by atoms with E-state index in [2.05, 4.69) is 41.4 Å². The van der Waals surface area contributed by atoms with E-state index in [4.69, 9.17) is 0 Å². The minimum atomic E-state index is 0.282. The lowest BCUT2D eigenvalue weighted by molar-refractivity contribution is 0.133. The number of aromatic nitrogens is 1. The van der Waals surface area contributed by atoms with E-state index in [0.29, 0.717) is 0 Å². The second-order valence-corrected chi connectivity index (χ2v) is 5.88. The van der Waals surface area contributed by atoms with Crippen molar-refractivity contribution < 1.29 is 0 Å². The topological polar surface area (TPSA) is 28.2 Å². The third-order valence-corrected chi connectivity index (χ3v) is 4.31. The summed E-state index contributed by atoms with van der Waals surface area (Å²) in [7, 11) is 0. The fraction of sp³-hybridized carbons (Fsp3) is 0.750. The highest BCUT2D eigenvalue weighted by Gasteiger charge is 2.28. The van der Waals surface area contributed by atoms with Crippen LogP contribution in [0, 0.1) is 6.92 Å². The fourth-order valence-electron chi connectivity index (χ4n) is 2.18. The first kappa shape index (κ1) is 12.0. The number of rotatable bonds is 3. The Balaban J connectivity index is 1.95. The van der Waals surface area contributed by atoms with Crippen molar-refractivity contribution in [2.75, 3.05) is 19.6 Å². The normalized spacial score (nSPS) is 27.2. The van der Waals surface area contributed by atoms with Gasteiger partial charge in [-0.1, -0.05) is 6.92 Å². The van der Waals surface area contributed by atoms with Gasteiger partial charge >= 0.3 is 0 Å². The fourth-order valence-corrected chi connectivity index (χ4v) is 3.00. The van der Waals surface area contributed by atoms with Gasteiger partial charge in [0.25, 0.3) is 0 Å². The Labute approximate surface area is 102 Å². The molecule has 2 rings (SSSR count). The van der Waals surface area contributed by atoms with E-state index in [-0.39, 0.29) is 5.54 Å². The first-order valence-corrected chi connectivity index (χ1v) is 6.88. The molecule has 1 saturated heterocycles. The molecule has 0 spiro atoms. The minimum Gasteiger partial charge on any atom is -0.309 e. The second-order valence-electron chi connectivity index (χ2n) is 4.93. The molecule has 0 saturated carbocycles. The average Bonchev–Trinajstić information content (AvgIpc) is 2.64. The predicted octanol–water partition coefficient (Wildman–Crippen LogP) is 2.03. The molecule has 0 amide bonds. The van der Waals surface area contributed by atoms with Gasteiger partial charge in [0.2, 0.25) is 0 Å². The van der Waals surface area contributed by atoms with E-state index in [9.17, 15) is 0 Å². The molecule has 1 aliphatic heterocycles. The Morgan fingerprint density at radius 3 is 3.06 bits per heavy atom. The van der Waals surface area contributed by atoms with E-state index < -0.39 is 0 Å². The maximum atomic E-state index is 4.53. The summed E-state index contributed by atoms with van der Waals surface area (Å²) >= 11 is 1.78. The van der Waals surface area contributed by atoms with Crippen molar-refractivity contribution in [3.63, 3.8) is 0 Å². The molecule has 0 aliphatic carbocycles. The molecule has 0 aromatic carbocycles. The molecule has 1 aromatic rings. The van der Waals surface area contributed by atoms with Gasteiger partial charge in [-0.3, -0.25) is 4.90 Å². The monoisotopic (exact) mass is 239 g/mol. The van der Waals surface area contributed by atoms with Crippen LogP contribution in [-0.2, 0) is 6.54 Å². The minimum absolute atomic E-state index is 0.282. The Bertz CT molecular complexity index is 350. The number of aryl methyl sites for hydroxylation is 1. The number of piperazine rings is 1. The first-order chi connectivity index (χ1) is 7.61. The zero-order valence-electron chi connectivity index (χ0n) is 10.4. The molecule has 1 atom stereocenters. The lowest BCUT2D eigenvalue weighted by atomic mass is 9.96. The largest absolute Gasteiger partial charge is 0.309 e. The van der Waals surface area contributed by atoms with Gasteiger partial charge in [0, 0.05) is 36.2 Å². The molecule has 1 aliphatic rings. The number of nitrogens with one attached hydrogen (secondary N) is 1. The summed E-state index contributed by atoms with van der Waals surface area (Å²) < 4.78 is 0. The lowest BCUT2D eigenvalue weighted by Crippen LogP contribution is -2.58. The van der Waals surface area contributed by atoms with Crippen LogP contribution < -0.4 is 5.32 Å². The van der Waals surface area contributed by atoms with Crippen molar-refractivity contribution in [3.05, 3.63) is 16.1 Å². The summed E-state index contributed by atoms with van der Waals surface area (Å²) in [6, 6.07) is 0. The van der Waals surface area contributed by atoms with Gasteiger partial charge in [-0.15, -0.1) is 11.3 Å². The van der Waals surface area contributed by atoms with Crippen LogP contribution >= 0.6 is 11.3 Å². The summed E-state index contributed by atoms with van der Waals surface area (Å²) in [5.74, 6) is 0. The maximum Gasteiger partial charge on any atom is 0.107 e. The predicted molar refractivity (Wildman–Crippen MR) is 68.8 cm³/mol. The van der Waals surface area contributed by atoms with Gasteiger partial charge in [0.1, 0.15) is 5.01 Å². The second kappa shape index (κ2) is 4.82. The number of thiazole rings is 1. The van der Waals surface area contributed by atoms with Crippen molar-refractivity contribution in [3.8, 4) is 0 Å². The van der Waals surface area contributed by atoms with E-state index in [1.807, 2.05) is 0 Å². The van der Waals surface area contributed by atoms with Gasteiger partial charge in [-0.25, -0.2) is 4.98 Å². The van der Waals surface area contributed by atoms with Crippen LogP contribution in [0.5, 0.6) is 0 Å². The summed E-state index contributed by atoms with van der Waals surface area (Å²) in [6.45, 7) is 11.0. The standard InChI is InChI=1S/C12H21N3S/c1-4-12(3)9-15(6-5-13-12)7-11-14-10(2)8-16-11/h8,13H,4-7,9H2,1-3H3. The summed E-state index contributed by atoms with van der Waals surface area (Å²) in [4.78, 5) is 7.05. The van der Waals surface area contributed by atoms with Crippen LogP contribution in [0.15, 0.2) is 5.38 Å². The maximum absolute atomic E-state index is 4.53. The van der Waals surface area contributed by atoms with Crippen molar-refractivity contribution in [1.82, 2.24) is 15.2 Å². The van der Waals surface area contributed by atoms with E-state index >= 15 is 0 Å². The van der Waals surface area contributed by atoms with Gasteiger partial charge < -0.3 is 5.32 Å². The van der Waals surface area contributed by atoms with E-state index in [1.165, 1.54) is 11.4 Å². The summed E-state index contributed by atoms with van der Waals surface area (Å²) in [5, 5.41) is 6.99. The number of nitrogens with zero attached hydrogens (tertiary/aromatic N) is 2. The SMILES string of the molecule is CCC1(C)CN(Cc2nc(C)cs2)CCN1. The molecule has 1 unspecified atom stereocenters. The highest BCUT2D eigenvalue weighted by Crippen LogP contribution is 2.18. The number of hydrogen-bond acceptors (Lipinski definition) is 4. The van der Waals surface area contributed by atoms with Crippen LogP contribution in [0.3, 0.4) is 0 Å². The lowest BCUT2D eigenvalue weighted by Gasteiger charge is -2.40. The zero-order valence-corrected chi connectivity index (χ0v) is 11.2. The molecule has 16 heavy (non-hydrogen) atoms. The van der Waals surface area contributed by atoms with E-state index in [0.717, 1.165) is 31.9 Å². The Morgan fingerprint density at radius 2 is 2.44 bits per heavy atom. The van der Waals surface area contributed by atoms with E-state index in [1.54, 1.807) is 11.3 Å². The van der Waals surface area contributed by atoms with Crippen LogP contribution in [0.4, 0.5) is 0 Å². The van der Waals surface area contributed by atoms with Crippen LogP contribution in [-0.4, -0.2) is 35.1 Å². The molecular weight excluding hydrogens is 218 g/mol. The first-order valence-electron chi connectivity index (χ1n) is 6.00. The van der Waals surface area contributed by atoms with Gasteiger partial charge in [-0.05, 0) is 20.3 Å². The molecule has 4 heteroatoms. The molecule has 2 heterocycles. The van der Waals surface area contributed by atoms with Crippen LogP contribution in [0.1, 0.15) is 31.0 Å². The molecule has 0 bridgehead atoms. The van der Waals surface area contributed by atoms with Crippen molar-refractivity contribution in [2.45, 2.75) is 39.3 Å². The quantitative estimate of drug-likeness (QED) is 0.875. The Kier molecular flexibility index (Phi) is 3.62. The smallest absolute Gasteiger partial charge is 0.107 e. The van der Waals surface area contributed by atoms with Crippen LogP contribution in [0.25, 0.3) is 0 Å². The highest BCUT2D eigenvalue weighted by atomic mass is 32.1.